The number of phenols is 1. The number of nitrogens with two attached hydrogens (primary N) is 1. The highest BCUT2D eigenvalue weighted by Crippen LogP contribution is 2.50. The Hall–Kier alpha value is -0.540. The molecule has 3 N–H and O–H groups in total. The fourth-order valence-electron chi connectivity index (χ4n) is 4.40. The van der Waals surface area contributed by atoms with Crippen LogP contribution in [-0.2, 0) is 18.3 Å². The minimum absolute atomic E-state index is 0.00314. The molecule has 3 rings (SSSR count). The van der Waals surface area contributed by atoms with E-state index in [2.05, 4.69) is 22.9 Å². The number of halogens is 1. The Bertz CT molecular complexity index is 533. The van der Waals surface area contributed by atoms with Gasteiger partial charge in [0.25, 0.3) is 0 Å². The molecular weight excluding hydrogens is 314 g/mol. The molecule has 0 spiro atoms. The second-order valence-corrected chi connectivity index (χ2v) is 7.31. The van der Waals surface area contributed by atoms with Crippen LogP contribution in [0.5, 0.6) is 5.75 Å². The van der Waals surface area contributed by atoms with Crippen LogP contribution >= 0.6 is 15.9 Å². The monoisotopic (exact) mass is 337 g/mol. The molecule has 0 heterocycles. The summed E-state index contributed by atoms with van der Waals surface area (Å²) in [7, 11) is 0. The highest BCUT2D eigenvalue weighted by atomic mass is 79.9. The van der Waals surface area contributed by atoms with Gasteiger partial charge in [-0.1, -0.05) is 12.8 Å². The molecule has 0 bridgehead atoms. The Morgan fingerprint density at radius 3 is 2.30 bits per heavy atom. The second kappa shape index (κ2) is 5.34. The molecule has 0 radical (unpaired) electrons. The van der Waals surface area contributed by atoms with E-state index < -0.39 is 0 Å². The van der Waals surface area contributed by atoms with Crippen molar-refractivity contribution in [2.24, 2.45) is 5.73 Å². The fourth-order valence-corrected chi connectivity index (χ4v) is 5.04. The molecule has 2 aliphatic rings. The number of hydrogen-bond donors (Lipinski definition) is 2. The molecule has 2 nitrogen and oxygen atoms in total. The normalized spacial score (nSPS) is 20.9. The third-order valence-corrected chi connectivity index (χ3v) is 6.34. The van der Waals surface area contributed by atoms with Crippen LogP contribution < -0.4 is 5.73 Å². The van der Waals surface area contributed by atoms with E-state index in [0.29, 0.717) is 12.3 Å². The molecule has 0 saturated heterocycles. The molecule has 0 aromatic heterocycles. The van der Waals surface area contributed by atoms with Crippen molar-refractivity contribution in [3.05, 3.63) is 26.7 Å². The molecule has 0 unspecified atom stereocenters. The average Bonchev–Trinajstić information content (AvgIpc) is 2.95. The van der Waals surface area contributed by atoms with Crippen molar-refractivity contribution in [1.82, 2.24) is 0 Å². The Balaban J connectivity index is 2.23. The number of phenolic OH excluding ortho intramolecular Hbond substituents is 1. The van der Waals surface area contributed by atoms with E-state index in [1.807, 2.05) is 0 Å². The van der Waals surface area contributed by atoms with Gasteiger partial charge < -0.3 is 10.8 Å². The first-order chi connectivity index (χ1) is 9.60. The Morgan fingerprint density at radius 1 is 1.10 bits per heavy atom. The summed E-state index contributed by atoms with van der Waals surface area (Å²) >= 11 is 3.66. The molecule has 3 heteroatoms. The van der Waals surface area contributed by atoms with Crippen molar-refractivity contribution in [2.75, 3.05) is 6.54 Å². The zero-order chi connectivity index (χ0) is 14.3. The maximum absolute atomic E-state index is 10.8. The summed E-state index contributed by atoms with van der Waals surface area (Å²) in [5.41, 5.74) is 11.4. The third kappa shape index (κ3) is 2.01. The van der Waals surface area contributed by atoms with Crippen LogP contribution in [0.1, 0.15) is 60.8 Å². The molecule has 2 aliphatic carbocycles. The quantitative estimate of drug-likeness (QED) is 0.852. The van der Waals surface area contributed by atoms with Crippen LogP contribution in [0.3, 0.4) is 0 Å². The zero-order valence-electron chi connectivity index (χ0n) is 12.3. The van der Waals surface area contributed by atoms with Gasteiger partial charge in [0.05, 0.1) is 4.47 Å². The summed E-state index contributed by atoms with van der Waals surface area (Å²) < 4.78 is 0.938. The van der Waals surface area contributed by atoms with Gasteiger partial charge >= 0.3 is 0 Å². The molecule has 1 saturated carbocycles. The van der Waals surface area contributed by atoms with Gasteiger partial charge in [0.1, 0.15) is 5.75 Å². The maximum atomic E-state index is 10.8. The predicted octanol–water partition coefficient (Wildman–Crippen LogP) is 4.11. The van der Waals surface area contributed by atoms with Crippen LogP contribution in [0.25, 0.3) is 0 Å². The van der Waals surface area contributed by atoms with Crippen LogP contribution in [0.15, 0.2) is 4.47 Å². The molecule has 0 atom stereocenters. The molecule has 1 aromatic carbocycles. The van der Waals surface area contributed by atoms with E-state index in [9.17, 15) is 5.11 Å². The van der Waals surface area contributed by atoms with Gasteiger partial charge in [-0.25, -0.2) is 0 Å². The number of fused-ring (bicyclic) bond motifs is 1. The first-order valence-electron chi connectivity index (χ1n) is 7.84. The van der Waals surface area contributed by atoms with E-state index in [0.717, 1.165) is 35.7 Å². The van der Waals surface area contributed by atoms with Crippen molar-refractivity contribution in [3.8, 4) is 5.75 Å². The summed E-state index contributed by atoms with van der Waals surface area (Å²) in [5, 5.41) is 10.8. The maximum Gasteiger partial charge on any atom is 0.134 e. The summed E-state index contributed by atoms with van der Waals surface area (Å²) in [6, 6.07) is 0. The molecule has 20 heavy (non-hydrogen) atoms. The van der Waals surface area contributed by atoms with E-state index in [1.54, 1.807) is 0 Å². The van der Waals surface area contributed by atoms with Crippen LogP contribution in [0.4, 0.5) is 0 Å². The number of rotatable bonds is 2. The highest BCUT2D eigenvalue weighted by Gasteiger charge is 2.39. The standard InChI is InChI=1S/C17H24BrNO/c1-11-12-6-2-3-7-13(12)15(18)16(20)14(11)17(10-19)8-4-5-9-17/h20H,2-10,19H2,1H3. The van der Waals surface area contributed by atoms with Gasteiger partial charge in [-0.2, -0.15) is 0 Å². The minimum atomic E-state index is 0.00314. The van der Waals surface area contributed by atoms with Crippen molar-refractivity contribution in [3.63, 3.8) is 0 Å². The van der Waals surface area contributed by atoms with Crippen LogP contribution in [0, 0.1) is 6.92 Å². The van der Waals surface area contributed by atoms with Gasteiger partial charge in [-0.15, -0.1) is 0 Å². The average molecular weight is 338 g/mol. The zero-order valence-corrected chi connectivity index (χ0v) is 13.9. The van der Waals surface area contributed by atoms with E-state index in [4.69, 9.17) is 5.73 Å². The van der Waals surface area contributed by atoms with E-state index >= 15 is 0 Å². The summed E-state index contributed by atoms with van der Waals surface area (Å²) in [4.78, 5) is 0. The van der Waals surface area contributed by atoms with Gasteiger partial charge in [-0.05, 0) is 78.1 Å². The van der Waals surface area contributed by atoms with Gasteiger partial charge in [-0.3, -0.25) is 0 Å². The lowest BCUT2D eigenvalue weighted by atomic mass is 9.73. The highest BCUT2D eigenvalue weighted by molar-refractivity contribution is 9.10. The summed E-state index contributed by atoms with van der Waals surface area (Å²) in [6.45, 7) is 2.84. The van der Waals surface area contributed by atoms with Gasteiger partial charge in [0.2, 0.25) is 0 Å². The van der Waals surface area contributed by atoms with E-state index in [-0.39, 0.29) is 5.41 Å². The number of benzene rings is 1. The van der Waals surface area contributed by atoms with Crippen molar-refractivity contribution in [2.45, 2.75) is 63.7 Å². The smallest absolute Gasteiger partial charge is 0.134 e. The summed E-state index contributed by atoms with van der Waals surface area (Å²) in [6.07, 6.45) is 9.40. The molecule has 0 amide bonds. The molecule has 110 valence electrons. The lowest BCUT2D eigenvalue weighted by Crippen LogP contribution is -2.33. The second-order valence-electron chi connectivity index (χ2n) is 6.52. The SMILES string of the molecule is Cc1c2c(c(Br)c(O)c1C1(CN)CCCC1)CCCC2. The van der Waals surface area contributed by atoms with Gasteiger partial charge in [0, 0.05) is 17.5 Å². The Morgan fingerprint density at radius 2 is 1.70 bits per heavy atom. The lowest BCUT2D eigenvalue weighted by molar-refractivity contribution is 0.399. The van der Waals surface area contributed by atoms with Crippen molar-refractivity contribution < 1.29 is 5.11 Å². The molecular formula is C17H24BrNO. The van der Waals surface area contributed by atoms with Crippen molar-refractivity contribution >= 4 is 15.9 Å². The molecule has 1 fully saturated rings. The Kier molecular flexibility index (Phi) is 3.85. The van der Waals surface area contributed by atoms with Crippen molar-refractivity contribution in [1.29, 1.82) is 0 Å². The first-order valence-corrected chi connectivity index (χ1v) is 8.63. The molecule has 0 aliphatic heterocycles. The predicted molar refractivity (Wildman–Crippen MR) is 86.4 cm³/mol. The Labute approximate surface area is 129 Å². The third-order valence-electron chi connectivity index (χ3n) is 5.49. The first kappa shape index (κ1) is 14.4. The van der Waals surface area contributed by atoms with Gasteiger partial charge in [0.15, 0.2) is 0 Å². The lowest BCUT2D eigenvalue weighted by Gasteiger charge is -2.34. The van der Waals surface area contributed by atoms with Crippen LogP contribution in [-0.4, -0.2) is 11.7 Å². The minimum Gasteiger partial charge on any atom is -0.506 e. The largest absolute Gasteiger partial charge is 0.506 e. The number of aromatic hydroxyl groups is 1. The van der Waals surface area contributed by atoms with E-state index in [1.165, 1.54) is 42.4 Å². The fraction of sp³-hybridized carbons (Fsp3) is 0.647. The summed E-state index contributed by atoms with van der Waals surface area (Å²) in [5.74, 6) is 0.468. The van der Waals surface area contributed by atoms with Crippen LogP contribution in [0.2, 0.25) is 0 Å². The molecule has 1 aromatic rings. The topological polar surface area (TPSA) is 46.2 Å². The number of hydrogen-bond acceptors (Lipinski definition) is 2.